The number of carboxylic acids is 1. The van der Waals surface area contributed by atoms with E-state index in [1.807, 2.05) is 6.92 Å². The maximum atomic E-state index is 10.2. The number of unbranched alkanes of at least 4 members (excludes halogenated alkanes) is 7. The summed E-state index contributed by atoms with van der Waals surface area (Å²) in [6, 6.07) is 0. The van der Waals surface area contributed by atoms with E-state index in [1.165, 1.54) is 25.7 Å². The van der Waals surface area contributed by atoms with Crippen molar-refractivity contribution in [2.75, 3.05) is 0 Å². The van der Waals surface area contributed by atoms with Crippen LogP contribution in [0.1, 0.15) is 71.1 Å². The van der Waals surface area contributed by atoms with E-state index in [1.54, 1.807) is 0 Å². The van der Waals surface area contributed by atoms with Crippen LogP contribution >= 0.6 is 0 Å². The molecule has 96 valence electrons. The number of hydrogen-bond donors (Lipinski definition) is 2. The largest absolute Gasteiger partial charge is 0.481 e. The van der Waals surface area contributed by atoms with Gasteiger partial charge >= 0.3 is 5.97 Å². The molecule has 0 saturated carbocycles. The minimum atomic E-state index is -0.682. The summed E-state index contributed by atoms with van der Waals surface area (Å²) in [6.45, 7) is 1.84. The minimum absolute atomic E-state index is 0.156. The van der Waals surface area contributed by atoms with Gasteiger partial charge in [0, 0.05) is 6.42 Å². The highest BCUT2D eigenvalue weighted by atomic mass is 16.4. The summed E-state index contributed by atoms with van der Waals surface area (Å²) in [5, 5.41) is 17.5. The van der Waals surface area contributed by atoms with E-state index in [2.05, 4.69) is 0 Å². The molecule has 0 saturated heterocycles. The van der Waals surface area contributed by atoms with Crippen molar-refractivity contribution in [1.82, 2.24) is 0 Å². The van der Waals surface area contributed by atoms with Gasteiger partial charge in [-0.3, -0.25) is 4.79 Å². The van der Waals surface area contributed by atoms with Gasteiger partial charge in [-0.1, -0.05) is 44.9 Å². The molecule has 0 spiro atoms. The van der Waals surface area contributed by atoms with E-state index in [9.17, 15) is 4.79 Å². The maximum Gasteiger partial charge on any atom is 0.303 e. The van der Waals surface area contributed by atoms with Crippen LogP contribution in [0.4, 0.5) is 0 Å². The van der Waals surface area contributed by atoms with Gasteiger partial charge < -0.3 is 10.2 Å². The lowest BCUT2D eigenvalue weighted by Crippen LogP contribution is -1.98. The first-order chi connectivity index (χ1) is 7.63. The van der Waals surface area contributed by atoms with Crippen LogP contribution in [0.3, 0.4) is 0 Å². The van der Waals surface area contributed by atoms with E-state index in [-0.39, 0.29) is 6.10 Å². The Hall–Kier alpha value is -0.570. The first-order valence-corrected chi connectivity index (χ1v) is 6.53. The van der Waals surface area contributed by atoms with Crippen molar-refractivity contribution in [2.24, 2.45) is 0 Å². The Labute approximate surface area is 98.9 Å². The highest BCUT2D eigenvalue weighted by Gasteiger charge is 1.97. The smallest absolute Gasteiger partial charge is 0.303 e. The number of carbonyl (C=O) groups is 1. The molecule has 0 amide bonds. The Morgan fingerprint density at radius 2 is 1.38 bits per heavy atom. The lowest BCUT2D eigenvalue weighted by atomic mass is 10.1. The van der Waals surface area contributed by atoms with Crippen LogP contribution in [0.15, 0.2) is 0 Å². The number of aliphatic hydroxyl groups excluding tert-OH is 1. The van der Waals surface area contributed by atoms with Crippen molar-refractivity contribution in [3.8, 4) is 0 Å². The van der Waals surface area contributed by atoms with Crippen molar-refractivity contribution >= 4 is 5.97 Å². The van der Waals surface area contributed by atoms with Gasteiger partial charge in [-0.15, -0.1) is 0 Å². The maximum absolute atomic E-state index is 10.2. The molecule has 16 heavy (non-hydrogen) atoms. The van der Waals surface area contributed by atoms with Gasteiger partial charge in [0.15, 0.2) is 0 Å². The monoisotopic (exact) mass is 230 g/mol. The van der Waals surface area contributed by atoms with Crippen molar-refractivity contribution in [2.45, 2.75) is 77.2 Å². The zero-order valence-corrected chi connectivity index (χ0v) is 10.5. The summed E-state index contributed by atoms with van der Waals surface area (Å²) in [7, 11) is 0. The molecule has 0 aliphatic carbocycles. The molecule has 0 aromatic heterocycles. The van der Waals surface area contributed by atoms with Gasteiger partial charge in [-0.2, -0.15) is 0 Å². The predicted octanol–water partition coefficient (Wildman–Crippen LogP) is 3.35. The van der Waals surface area contributed by atoms with E-state index in [0.717, 1.165) is 32.1 Å². The molecule has 0 unspecified atom stereocenters. The highest BCUT2D eigenvalue weighted by Crippen LogP contribution is 2.11. The van der Waals surface area contributed by atoms with Crippen LogP contribution in [0.25, 0.3) is 0 Å². The lowest BCUT2D eigenvalue weighted by molar-refractivity contribution is -0.137. The number of carboxylic acid groups (broad SMARTS) is 1. The van der Waals surface area contributed by atoms with Crippen LogP contribution in [-0.2, 0) is 4.79 Å². The van der Waals surface area contributed by atoms with Gasteiger partial charge in [-0.25, -0.2) is 0 Å². The quantitative estimate of drug-likeness (QED) is 0.535. The molecule has 0 radical (unpaired) electrons. The second-order valence-corrected chi connectivity index (χ2v) is 4.61. The standard InChI is InChI=1S/C13H26O3/c1-12(14)10-8-6-4-2-3-5-7-9-11-13(15)16/h12,14H,2-11H2,1H3,(H,15,16)/t12-/m1/s1. The fraction of sp³-hybridized carbons (Fsp3) is 0.923. The molecule has 0 rings (SSSR count). The van der Waals surface area contributed by atoms with E-state index >= 15 is 0 Å². The number of rotatable bonds is 11. The van der Waals surface area contributed by atoms with Crippen molar-refractivity contribution in [3.05, 3.63) is 0 Å². The predicted molar refractivity (Wildman–Crippen MR) is 65.5 cm³/mol. The number of aliphatic carboxylic acids is 1. The van der Waals surface area contributed by atoms with Crippen molar-refractivity contribution in [1.29, 1.82) is 0 Å². The molecule has 1 atom stereocenters. The molecule has 0 heterocycles. The highest BCUT2D eigenvalue weighted by molar-refractivity contribution is 5.66. The van der Waals surface area contributed by atoms with Crippen LogP contribution in [0, 0.1) is 0 Å². The molecule has 0 aliphatic heterocycles. The average molecular weight is 230 g/mol. The molecular formula is C13H26O3. The molecule has 0 aromatic rings. The third-order valence-electron chi connectivity index (χ3n) is 2.76. The summed E-state index contributed by atoms with van der Waals surface area (Å²) in [5.41, 5.74) is 0. The third-order valence-corrected chi connectivity index (χ3v) is 2.76. The number of hydrogen-bond acceptors (Lipinski definition) is 2. The van der Waals surface area contributed by atoms with Crippen molar-refractivity contribution < 1.29 is 15.0 Å². The first-order valence-electron chi connectivity index (χ1n) is 6.53. The van der Waals surface area contributed by atoms with E-state index in [0.29, 0.717) is 6.42 Å². The Balaban J connectivity index is 2.96. The molecular weight excluding hydrogens is 204 g/mol. The van der Waals surface area contributed by atoms with Gasteiger partial charge in [0.05, 0.1) is 6.10 Å². The van der Waals surface area contributed by atoms with Crippen LogP contribution in [0.5, 0.6) is 0 Å². The minimum Gasteiger partial charge on any atom is -0.481 e. The summed E-state index contributed by atoms with van der Waals surface area (Å²) in [4.78, 5) is 10.2. The van der Waals surface area contributed by atoms with Crippen LogP contribution in [0.2, 0.25) is 0 Å². The van der Waals surface area contributed by atoms with Gasteiger partial charge in [0.1, 0.15) is 0 Å². The first kappa shape index (κ1) is 15.4. The SMILES string of the molecule is C[C@@H](O)CCCCCCCCCCC(=O)O. The Bertz CT molecular complexity index is 167. The lowest BCUT2D eigenvalue weighted by Gasteiger charge is -2.03. The Kier molecular flexibility index (Phi) is 10.5. The summed E-state index contributed by atoms with van der Waals surface area (Å²) in [6.07, 6.45) is 10.1. The van der Waals surface area contributed by atoms with E-state index < -0.39 is 5.97 Å². The van der Waals surface area contributed by atoms with Gasteiger partial charge in [0.2, 0.25) is 0 Å². The van der Waals surface area contributed by atoms with E-state index in [4.69, 9.17) is 10.2 Å². The van der Waals surface area contributed by atoms with Crippen LogP contribution < -0.4 is 0 Å². The third kappa shape index (κ3) is 13.4. The summed E-state index contributed by atoms with van der Waals surface area (Å²) in [5.74, 6) is -0.682. The topological polar surface area (TPSA) is 57.5 Å². The second kappa shape index (κ2) is 10.9. The molecule has 3 nitrogen and oxygen atoms in total. The number of aliphatic hydroxyl groups is 1. The average Bonchev–Trinajstić information content (AvgIpc) is 2.20. The fourth-order valence-electron chi connectivity index (χ4n) is 1.78. The molecule has 0 aliphatic rings. The molecule has 0 aromatic carbocycles. The van der Waals surface area contributed by atoms with Gasteiger partial charge in [0.25, 0.3) is 0 Å². The molecule has 3 heteroatoms. The second-order valence-electron chi connectivity index (χ2n) is 4.61. The Morgan fingerprint density at radius 3 is 1.81 bits per heavy atom. The van der Waals surface area contributed by atoms with Gasteiger partial charge in [-0.05, 0) is 19.8 Å². The van der Waals surface area contributed by atoms with Crippen molar-refractivity contribution in [3.63, 3.8) is 0 Å². The summed E-state index contributed by atoms with van der Waals surface area (Å²) < 4.78 is 0. The fourth-order valence-corrected chi connectivity index (χ4v) is 1.78. The molecule has 2 N–H and O–H groups in total. The normalized spacial score (nSPS) is 12.6. The molecule has 0 fully saturated rings. The molecule has 0 bridgehead atoms. The Morgan fingerprint density at radius 1 is 0.938 bits per heavy atom. The van der Waals surface area contributed by atoms with Crippen LogP contribution in [-0.4, -0.2) is 22.3 Å². The summed E-state index contributed by atoms with van der Waals surface area (Å²) >= 11 is 0. The zero-order valence-electron chi connectivity index (χ0n) is 10.5. The zero-order chi connectivity index (χ0) is 12.2.